The number of nitrogens with one attached hydrogen (secondary N) is 1. The van der Waals surface area contributed by atoms with E-state index in [9.17, 15) is 9.59 Å². The summed E-state index contributed by atoms with van der Waals surface area (Å²) >= 11 is 5.78. The van der Waals surface area contributed by atoms with Crippen molar-refractivity contribution in [1.82, 2.24) is 5.32 Å². The minimum absolute atomic E-state index is 0.109. The molecule has 0 unspecified atom stereocenters. The second-order valence-corrected chi connectivity index (χ2v) is 5.43. The zero-order valence-electron chi connectivity index (χ0n) is 10.5. The van der Waals surface area contributed by atoms with Crippen LogP contribution < -0.4 is 5.32 Å². The van der Waals surface area contributed by atoms with Crippen LogP contribution in [0.3, 0.4) is 0 Å². The molecule has 0 aliphatic heterocycles. The molecule has 0 bridgehead atoms. The Labute approximate surface area is 116 Å². The van der Waals surface area contributed by atoms with Crippen LogP contribution in [-0.4, -0.2) is 23.5 Å². The fraction of sp³-hybridized carbons (Fsp3) is 0.429. The summed E-state index contributed by atoms with van der Waals surface area (Å²) in [5.41, 5.74) is 0.342. The third-order valence-corrected chi connectivity index (χ3v) is 3.74. The van der Waals surface area contributed by atoms with Gasteiger partial charge in [-0.15, -0.1) is 0 Å². The van der Waals surface area contributed by atoms with Crippen LogP contribution in [0.4, 0.5) is 0 Å². The van der Waals surface area contributed by atoms with Gasteiger partial charge in [-0.05, 0) is 37.0 Å². The summed E-state index contributed by atoms with van der Waals surface area (Å²) in [4.78, 5) is 22.6. The van der Waals surface area contributed by atoms with Gasteiger partial charge in [0.15, 0.2) is 0 Å². The summed E-state index contributed by atoms with van der Waals surface area (Å²) in [6, 6.07) is 7.35. The van der Waals surface area contributed by atoms with E-state index in [0.29, 0.717) is 30.7 Å². The molecule has 1 aliphatic carbocycles. The Hall–Kier alpha value is -1.55. The van der Waals surface area contributed by atoms with Crippen LogP contribution in [0.1, 0.15) is 24.8 Å². The first-order valence-electron chi connectivity index (χ1n) is 6.26. The zero-order chi connectivity index (χ0) is 13.9. The van der Waals surface area contributed by atoms with Crippen molar-refractivity contribution in [2.75, 3.05) is 6.54 Å². The van der Waals surface area contributed by atoms with Crippen LogP contribution >= 0.6 is 11.6 Å². The fourth-order valence-electron chi connectivity index (χ4n) is 1.88. The highest BCUT2D eigenvalue weighted by Gasteiger charge is 2.50. The van der Waals surface area contributed by atoms with Gasteiger partial charge in [0.25, 0.3) is 0 Å². The molecule has 0 saturated heterocycles. The Morgan fingerprint density at radius 1 is 1.26 bits per heavy atom. The summed E-state index contributed by atoms with van der Waals surface area (Å²) in [5, 5.41) is 12.4. The zero-order valence-corrected chi connectivity index (χ0v) is 11.2. The summed E-state index contributed by atoms with van der Waals surface area (Å²) in [7, 11) is 0. The van der Waals surface area contributed by atoms with Gasteiger partial charge in [-0.25, -0.2) is 0 Å². The Morgan fingerprint density at radius 2 is 1.89 bits per heavy atom. The summed E-state index contributed by atoms with van der Waals surface area (Å²) in [6.45, 7) is 0.238. The number of rotatable bonds is 6. The van der Waals surface area contributed by atoms with Crippen LogP contribution in [-0.2, 0) is 16.0 Å². The molecule has 0 spiro atoms. The van der Waals surface area contributed by atoms with E-state index in [4.69, 9.17) is 16.7 Å². The van der Waals surface area contributed by atoms with E-state index in [0.717, 1.165) is 5.56 Å². The Morgan fingerprint density at radius 3 is 2.42 bits per heavy atom. The van der Waals surface area contributed by atoms with Crippen molar-refractivity contribution >= 4 is 23.5 Å². The van der Waals surface area contributed by atoms with Gasteiger partial charge >= 0.3 is 5.97 Å². The Kier molecular flexibility index (Phi) is 4.10. The smallest absolute Gasteiger partial charge is 0.311 e. The molecule has 0 aromatic heterocycles. The van der Waals surface area contributed by atoms with Gasteiger partial charge in [0.1, 0.15) is 0 Å². The fourth-order valence-corrected chi connectivity index (χ4v) is 2.01. The number of hydrogen-bond acceptors (Lipinski definition) is 2. The van der Waals surface area contributed by atoms with Crippen molar-refractivity contribution in [2.24, 2.45) is 5.41 Å². The van der Waals surface area contributed by atoms with Crippen LogP contribution in [0.2, 0.25) is 5.02 Å². The molecule has 4 nitrogen and oxygen atoms in total. The standard InChI is InChI=1S/C14H16ClNO3/c15-11-4-1-10(2-5-11)3-6-12(17)16-9-14(7-8-14)13(18)19/h1-2,4-5H,3,6-9H2,(H,16,17)(H,18,19). The monoisotopic (exact) mass is 281 g/mol. The highest BCUT2D eigenvalue weighted by Crippen LogP contribution is 2.45. The molecular formula is C14H16ClNO3. The van der Waals surface area contributed by atoms with Gasteiger partial charge in [-0.1, -0.05) is 23.7 Å². The first kappa shape index (κ1) is 13.9. The van der Waals surface area contributed by atoms with Gasteiger partial charge in [-0.2, -0.15) is 0 Å². The topological polar surface area (TPSA) is 66.4 Å². The second-order valence-electron chi connectivity index (χ2n) is 4.99. The van der Waals surface area contributed by atoms with Crippen LogP contribution in [0.25, 0.3) is 0 Å². The first-order valence-corrected chi connectivity index (χ1v) is 6.64. The van der Waals surface area contributed by atoms with E-state index in [1.807, 2.05) is 12.1 Å². The molecule has 1 aromatic carbocycles. The van der Waals surface area contributed by atoms with Crippen molar-refractivity contribution in [1.29, 1.82) is 0 Å². The van der Waals surface area contributed by atoms with E-state index < -0.39 is 11.4 Å². The van der Waals surface area contributed by atoms with Gasteiger partial charge in [0.2, 0.25) is 5.91 Å². The highest BCUT2D eigenvalue weighted by atomic mass is 35.5. The van der Waals surface area contributed by atoms with Crippen LogP contribution in [0, 0.1) is 5.41 Å². The second kappa shape index (κ2) is 5.61. The molecule has 1 aliphatic rings. The summed E-state index contributed by atoms with van der Waals surface area (Å²) in [6.07, 6.45) is 2.29. The molecule has 1 amide bonds. The number of carboxylic acid groups (broad SMARTS) is 1. The molecule has 0 atom stereocenters. The molecule has 1 aromatic rings. The van der Waals surface area contributed by atoms with Crippen molar-refractivity contribution in [3.05, 3.63) is 34.9 Å². The molecule has 1 fully saturated rings. The minimum Gasteiger partial charge on any atom is -0.481 e. The highest BCUT2D eigenvalue weighted by molar-refractivity contribution is 6.30. The van der Waals surface area contributed by atoms with Crippen molar-refractivity contribution in [3.63, 3.8) is 0 Å². The maximum absolute atomic E-state index is 11.7. The average Bonchev–Trinajstić information content (AvgIpc) is 3.17. The largest absolute Gasteiger partial charge is 0.481 e. The molecule has 2 rings (SSSR count). The van der Waals surface area contributed by atoms with Crippen molar-refractivity contribution < 1.29 is 14.7 Å². The number of aliphatic carboxylic acids is 1. The third kappa shape index (κ3) is 3.70. The lowest BCUT2D eigenvalue weighted by atomic mass is 10.1. The maximum atomic E-state index is 11.7. The van der Waals surface area contributed by atoms with E-state index >= 15 is 0 Å². The van der Waals surface area contributed by atoms with Crippen LogP contribution in [0.15, 0.2) is 24.3 Å². The number of carboxylic acids is 1. The predicted molar refractivity (Wildman–Crippen MR) is 72.1 cm³/mol. The predicted octanol–water partition coefficient (Wildman–Crippen LogP) is 2.25. The van der Waals surface area contributed by atoms with E-state index in [2.05, 4.69) is 5.32 Å². The van der Waals surface area contributed by atoms with Crippen LogP contribution in [0.5, 0.6) is 0 Å². The van der Waals surface area contributed by atoms with Crippen molar-refractivity contribution in [3.8, 4) is 0 Å². The molecule has 0 heterocycles. The number of halogens is 1. The molecule has 19 heavy (non-hydrogen) atoms. The summed E-state index contributed by atoms with van der Waals surface area (Å²) in [5.74, 6) is -0.923. The Bertz CT molecular complexity index is 480. The van der Waals surface area contributed by atoms with Gasteiger partial charge < -0.3 is 10.4 Å². The van der Waals surface area contributed by atoms with E-state index in [1.165, 1.54) is 0 Å². The summed E-state index contributed by atoms with van der Waals surface area (Å²) < 4.78 is 0. The number of carbonyl (C=O) groups is 2. The average molecular weight is 282 g/mol. The molecular weight excluding hydrogens is 266 g/mol. The SMILES string of the molecule is O=C(CCc1ccc(Cl)cc1)NCC1(C(=O)O)CC1. The lowest BCUT2D eigenvalue weighted by molar-refractivity contribution is -0.143. The molecule has 102 valence electrons. The number of benzene rings is 1. The van der Waals surface area contributed by atoms with Gasteiger partial charge in [0, 0.05) is 18.0 Å². The first-order chi connectivity index (χ1) is 9.02. The molecule has 2 N–H and O–H groups in total. The molecule has 0 radical (unpaired) electrons. The quantitative estimate of drug-likeness (QED) is 0.840. The number of hydrogen-bond donors (Lipinski definition) is 2. The lowest BCUT2D eigenvalue weighted by Crippen LogP contribution is -2.34. The number of aryl methyl sites for hydroxylation is 1. The minimum atomic E-state index is -0.814. The van der Waals surface area contributed by atoms with E-state index in [-0.39, 0.29) is 12.5 Å². The normalized spacial score (nSPS) is 15.8. The number of amides is 1. The molecule has 1 saturated carbocycles. The molecule has 5 heteroatoms. The van der Waals surface area contributed by atoms with E-state index in [1.54, 1.807) is 12.1 Å². The third-order valence-electron chi connectivity index (χ3n) is 3.49. The lowest BCUT2D eigenvalue weighted by Gasteiger charge is -2.11. The van der Waals surface area contributed by atoms with Gasteiger partial charge in [0.05, 0.1) is 5.41 Å². The Balaban J connectivity index is 1.73. The van der Waals surface area contributed by atoms with Crippen molar-refractivity contribution in [2.45, 2.75) is 25.7 Å². The maximum Gasteiger partial charge on any atom is 0.311 e. The number of carbonyl (C=O) groups excluding carboxylic acids is 1. The van der Waals surface area contributed by atoms with Gasteiger partial charge in [-0.3, -0.25) is 9.59 Å².